The van der Waals surface area contributed by atoms with Crippen molar-refractivity contribution in [2.45, 2.75) is 64.1 Å². The minimum absolute atomic E-state index is 0.0470. The first-order valence-corrected chi connectivity index (χ1v) is 14.1. The van der Waals surface area contributed by atoms with Gasteiger partial charge in [0.15, 0.2) is 5.78 Å². The first-order chi connectivity index (χ1) is 19.9. The maximum Gasteiger partial charge on any atom is 0.252 e. The molecule has 0 unspecified atom stereocenters. The van der Waals surface area contributed by atoms with Crippen LogP contribution in [-0.4, -0.2) is 45.7 Å². The lowest BCUT2D eigenvalue weighted by Gasteiger charge is -2.35. The zero-order valence-electron chi connectivity index (χ0n) is 23.6. The van der Waals surface area contributed by atoms with Crippen molar-refractivity contribution >= 4 is 34.3 Å². The number of fused-ring (bicyclic) bond motifs is 1. The number of methoxy groups -OCH3 is 1. The van der Waals surface area contributed by atoms with Gasteiger partial charge in [-0.25, -0.2) is 4.68 Å². The highest BCUT2D eigenvalue weighted by Crippen LogP contribution is 2.33. The molecule has 0 saturated heterocycles. The van der Waals surface area contributed by atoms with Gasteiger partial charge in [-0.3, -0.25) is 19.3 Å². The van der Waals surface area contributed by atoms with Crippen LogP contribution < -0.4 is 15.0 Å². The fourth-order valence-corrected chi connectivity index (χ4v) is 5.47. The zero-order valence-corrected chi connectivity index (χ0v) is 23.6. The molecule has 2 amide bonds. The van der Waals surface area contributed by atoms with Gasteiger partial charge >= 0.3 is 0 Å². The van der Waals surface area contributed by atoms with Crippen molar-refractivity contribution in [1.82, 2.24) is 20.3 Å². The van der Waals surface area contributed by atoms with Crippen LogP contribution in [0, 0.1) is 0 Å². The van der Waals surface area contributed by atoms with Crippen molar-refractivity contribution < 1.29 is 19.1 Å². The zero-order chi connectivity index (χ0) is 28.9. The van der Waals surface area contributed by atoms with Crippen LogP contribution in [0.15, 0.2) is 72.8 Å². The number of carbonyl (C=O) groups is 3. The van der Waals surface area contributed by atoms with E-state index in [1.54, 1.807) is 55.1 Å². The van der Waals surface area contributed by atoms with E-state index in [-0.39, 0.29) is 23.6 Å². The Bertz CT molecular complexity index is 1520. The molecule has 3 aromatic carbocycles. The lowest BCUT2D eigenvalue weighted by atomic mass is 9.94. The maximum atomic E-state index is 14.5. The molecule has 1 aromatic heterocycles. The largest absolute Gasteiger partial charge is 0.497 e. The standard InChI is InChI=1S/C32H35N5O4/c1-21(37-29-12-8-7-11-28(29)34-35-37)32(40)36(26-17-13-23(14-18-26)22(2)38)30(24-15-19-27(41-3)20-16-24)31(39)33-25-9-5-4-6-10-25/h7-8,11-21,25,30H,4-6,9-10H2,1-3H3,(H,33,39)/t21-,30-/m0/s1. The van der Waals surface area contributed by atoms with Crippen molar-refractivity contribution in [1.29, 1.82) is 0 Å². The summed E-state index contributed by atoms with van der Waals surface area (Å²) in [4.78, 5) is 42.2. The molecule has 0 spiro atoms. The first kappa shape index (κ1) is 28.0. The van der Waals surface area contributed by atoms with Gasteiger partial charge in [-0.05, 0) is 80.8 Å². The summed E-state index contributed by atoms with van der Waals surface area (Å²) in [6.45, 7) is 3.25. The van der Waals surface area contributed by atoms with Crippen LogP contribution in [0.4, 0.5) is 5.69 Å². The van der Waals surface area contributed by atoms with Gasteiger partial charge in [0.25, 0.3) is 5.91 Å². The van der Waals surface area contributed by atoms with Crippen LogP contribution in [-0.2, 0) is 9.59 Å². The number of amides is 2. The minimum atomic E-state index is -0.976. The molecule has 0 radical (unpaired) electrons. The van der Waals surface area contributed by atoms with E-state index in [1.165, 1.54) is 11.8 Å². The lowest BCUT2D eigenvalue weighted by Crippen LogP contribution is -2.49. The Morgan fingerprint density at radius 3 is 2.29 bits per heavy atom. The Balaban J connectivity index is 1.61. The summed E-state index contributed by atoms with van der Waals surface area (Å²) in [6.07, 6.45) is 5.09. The quantitative estimate of drug-likeness (QED) is 0.277. The second-order valence-electron chi connectivity index (χ2n) is 10.5. The molecule has 1 aliphatic rings. The van der Waals surface area contributed by atoms with Gasteiger partial charge in [0.1, 0.15) is 23.3 Å². The van der Waals surface area contributed by atoms with E-state index in [4.69, 9.17) is 4.74 Å². The molecule has 1 N–H and O–H groups in total. The van der Waals surface area contributed by atoms with Crippen LogP contribution in [0.25, 0.3) is 11.0 Å². The van der Waals surface area contributed by atoms with Gasteiger partial charge in [0.05, 0.1) is 12.6 Å². The third-order valence-electron chi connectivity index (χ3n) is 7.78. The Labute approximate surface area is 239 Å². The smallest absolute Gasteiger partial charge is 0.252 e. The SMILES string of the molecule is COc1ccc([C@@H](C(=O)NC2CCCCC2)N(C(=O)[C@H](C)n2nnc3ccccc32)c2ccc(C(C)=O)cc2)cc1. The number of benzene rings is 3. The number of nitrogens with zero attached hydrogens (tertiary/aromatic N) is 4. The van der Waals surface area contributed by atoms with Gasteiger partial charge in [0, 0.05) is 17.3 Å². The molecule has 0 aliphatic heterocycles. The van der Waals surface area contributed by atoms with Gasteiger partial charge < -0.3 is 10.1 Å². The van der Waals surface area contributed by atoms with Crippen LogP contribution in [0.5, 0.6) is 5.75 Å². The van der Waals surface area contributed by atoms with E-state index in [0.717, 1.165) is 32.1 Å². The topological polar surface area (TPSA) is 106 Å². The summed E-state index contributed by atoms with van der Waals surface area (Å²) >= 11 is 0. The summed E-state index contributed by atoms with van der Waals surface area (Å²) in [7, 11) is 1.58. The number of anilines is 1. The molecule has 0 bridgehead atoms. The summed E-state index contributed by atoms with van der Waals surface area (Å²) in [5.74, 6) is -0.0393. The van der Waals surface area contributed by atoms with E-state index in [2.05, 4.69) is 15.6 Å². The second kappa shape index (κ2) is 12.3. The fourth-order valence-electron chi connectivity index (χ4n) is 5.47. The molecule has 9 nitrogen and oxygen atoms in total. The summed E-state index contributed by atoms with van der Waals surface area (Å²) in [6, 6.07) is 19.7. The molecule has 1 saturated carbocycles. The predicted molar refractivity (Wildman–Crippen MR) is 157 cm³/mol. The van der Waals surface area contributed by atoms with Crippen molar-refractivity contribution in [3.05, 3.63) is 83.9 Å². The van der Waals surface area contributed by atoms with Gasteiger partial charge in [-0.15, -0.1) is 5.10 Å². The summed E-state index contributed by atoms with van der Waals surface area (Å²) < 4.78 is 6.94. The first-order valence-electron chi connectivity index (χ1n) is 14.1. The van der Waals surface area contributed by atoms with Gasteiger partial charge in [0.2, 0.25) is 5.91 Å². The van der Waals surface area contributed by atoms with Crippen LogP contribution in [0.3, 0.4) is 0 Å². The van der Waals surface area contributed by atoms with Crippen molar-refractivity contribution in [3.63, 3.8) is 0 Å². The number of para-hydroxylation sites is 1. The van der Waals surface area contributed by atoms with Crippen molar-refractivity contribution in [2.75, 3.05) is 12.0 Å². The van der Waals surface area contributed by atoms with E-state index >= 15 is 0 Å². The molecule has 1 heterocycles. The monoisotopic (exact) mass is 553 g/mol. The lowest BCUT2D eigenvalue weighted by molar-refractivity contribution is -0.128. The van der Waals surface area contributed by atoms with Crippen molar-refractivity contribution in [2.24, 2.45) is 0 Å². The maximum absolute atomic E-state index is 14.5. The molecule has 2 atom stereocenters. The predicted octanol–water partition coefficient (Wildman–Crippen LogP) is 5.43. The number of hydrogen-bond donors (Lipinski definition) is 1. The number of ether oxygens (including phenoxy) is 1. The molecule has 4 aromatic rings. The highest BCUT2D eigenvalue weighted by Gasteiger charge is 2.37. The van der Waals surface area contributed by atoms with E-state index in [1.807, 2.05) is 36.4 Å². The Hall–Kier alpha value is -4.53. The molecule has 1 aliphatic carbocycles. The summed E-state index contributed by atoms with van der Waals surface area (Å²) in [5.41, 5.74) is 3.04. The Morgan fingerprint density at radius 2 is 1.63 bits per heavy atom. The second-order valence-corrected chi connectivity index (χ2v) is 10.5. The number of aromatic nitrogens is 3. The van der Waals surface area contributed by atoms with Crippen LogP contribution in [0.1, 0.15) is 74.0 Å². The third kappa shape index (κ3) is 5.99. The number of carbonyl (C=O) groups excluding carboxylic acids is 3. The van der Waals surface area contributed by atoms with E-state index in [9.17, 15) is 14.4 Å². The molecule has 1 fully saturated rings. The van der Waals surface area contributed by atoms with Crippen molar-refractivity contribution in [3.8, 4) is 5.75 Å². The summed E-state index contributed by atoms with van der Waals surface area (Å²) in [5, 5.41) is 11.7. The highest BCUT2D eigenvalue weighted by molar-refractivity contribution is 6.04. The Kier molecular flexibility index (Phi) is 8.42. The average Bonchev–Trinajstić information content (AvgIpc) is 3.44. The van der Waals surface area contributed by atoms with E-state index < -0.39 is 12.1 Å². The third-order valence-corrected chi connectivity index (χ3v) is 7.78. The average molecular weight is 554 g/mol. The Morgan fingerprint density at radius 1 is 0.951 bits per heavy atom. The number of Topliss-reactive ketones (excluding diaryl/α,β-unsaturated/α-hetero) is 1. The number of ketones is 1. The van der Waals surface area contributed by atoms with Gasteiger partial charge in [-0.2, -0.15) is 0 Å². The number of nitrogens with one attached hydrogen (secondary N) is 1. The minimum Gasteiger partial charge on any atom is -0.497 e. The molecular formula is C32H35N5O4. The molecule has 5 rings (SSSR count). The number of rotatable bonds is 9. The van der Waals surface area contributed by atoms with Crippen LogP contribution >= 0.6 is 0 Å². The molecular weight excluding hydrogens is 518 g/mol. The van der Waals surface area contributed by atoms with Gasteiger partial charge in [-0.1, -0.05) is 48.7 Å². The highest BCUT2D eigenvalue weighted by atomic mass is 16.5. The number of hydrogen-bond acceptors (Lipinski definition) is 6. The molecule has 9 heteroatoms. The molecule has 41 heavy (non-hydrogen) atoms. The molecule has 212 valence electrons. The van der Waals surface area contributed by atoms with Crippen LogP contribution in [0.2, 0.25) is 0 Å². The van der Waals surface area contributed by atoms with E-state index in [0.29, 0.717) is 33.6 Å². The normalized spacial score (nSPS) is 15.2. The fraction of sp³-hybridized carbons (Fsp3) is 0.344.